The van der Waals surface area contributed by atoms with Crippen LogP contribution in [-0.4, -0.2) is 22.6 Å². The van der Waals surface area contributed by atoms with Gasteiger partial charge in [-0.2, -0.15) is 4.98 Å². The van der Waals surface area contributed by atoms with E-state index in [1.807, 2.05) is 0 Å². The fraction of sp³-hybridized carbons (Fsp3) is 0.571. The predicted molar refractivity (Wildman–Crippen MR) is 82.0 cm³/mol. The molecule has 0 saturated heterocycles. The lowest BCUT2D eigenvalue weighted by atomic mass is 10.1. The highest BCUT2D eigenvalue weighted by Gasteiger charge is 2.24. The summed E-state index contributed by atoms with van der Waals surface area (Å²) in [5.74, 6) is 2.44. The Hall–Kier alpha value is -1.36. The van der Waals surface area contributed by atoms with E-state index in [4.69, 9.17) is 0 Å². The van der Waals surface area contributed by atoms with Crippen LogP contribution in [0, 0.1) is 5.92 Å². The molecule has 0 aliphatic heterocycles. The largest absolute Gasteiger partial charge is 0.366 e. The fourth-order valence-electron chi connectivity index (χ4n) is 2.74. The monoisotopic (exact) mass is 276 g/mol. The molecule has 2 N–H and O–H groups in total. The van der Waals surface area contributed by atoms with E-state index in [0.717, 1.165) is 34.4 Å². The molecular formula is C14H20N4S. The van der Waals surface area contributed by atoms with Crippen LogP contribution in [0.1, 0.15) is 33.1 Å². The summed E-state index contributed by atoms with van der Waals surface area (Å²) in [4.78, 5) is 10.2. The van der Waals surface area contributed by atoms with Crippen LogP contribution in [0.25, 0.3) is 10.2 Å². The molecule has 3 rings (SSSR count). The minimum atomic E-state index is 0.549. The topological polar surface area (TPSA) is 49.8 Å². The Bertz CT molecular complexity index is 566. The maximum absolute atomic E-state index is 4.63. The Morgan fingerprint density at radius 1 is 1.37 bits per heavy atom. The van der Waals surface area contributed by atoms with E-state index in [1.54, 1.807) is 11.3 Å². The van der Waals surface area contributed by atoms with Crippen molar-refractivity contribution in [2.45, 2.75) is 39.2 Å². The zero-order valence-electron chi connectivity index (χ0n) is 11.4. The first-order valence-electron chi connectivity index (χ1n) is 7.03. The molecule has 19 heavy (non-hydrogen) atoms. The minimum Gasteiger partial charge on any atom is -0.366 e. The summed E-state index contributed by atoms with van der Waals surface area (Å²) in [6.45, 7) is 5.23. The third-order valence-electron chi connectivity index (χ3n) is 3.84. The summed E-state index contributed by atoms with van der Waals surface area (Å²) >= 11 is 1.67. The lowest BCUT2D eigenvalue weighted by molar-refractivity contribution is 0.555. The maximum Gasteiger partial charge on any atom is 0.226 e. The fourth-order valence-corrected chi connectivity index (χ4v) is 3.50. The number of aromatic nitrogens is 2. The summed E-state index contributed by atoms with van der Waals surface area (Å²) in [6, 6.07) is 2.66. The molecule has 2 unspecified atom stereocenters. The molecular weight excluding hydrogens is 256 g/mol. The average Bonchev–Trinajstić information content (AvgIpc) is 3.00. The minimum absolute atomic E-state index is 0.549. The summed E-state index contributed by atoms with van der Waals surface area (Å²) in [5, 5.41) is 10.1. The zero-order chi connectivity index (χ0) is 13.2. The van der Waals surface area contributed by atoms with E-state index in [9.17, 15) is 0 Å². The first-order valence-corrected chi connectivity index (χ1v) is 7.91. The second-order valence-electron chi connectivity index (χ2n) is 5.22. The molecule has 0 spiro atoms. The molecule has 1 aliphatic rings. The molecule has 0 aromatic carbocycles. The van der Waals surface area contributed by atoms with Gasteiger partial charge in [0.1, 0.15) is 10.6 Å². The van der Waals surface area contributed by atoms with Crippen LogP contribution < -0.4 is 10.6 Å². The van der Waals surface area contributed by atoms with Crippen LogP contribution in [-0.2, 0) is 0 Å². The van der Waals surface area contributed by atoms with Gasteiger partial charge in [-0.25, -0.2) is 4.98 Å². The molecule has 4 nitrogen and oxygen atoms in total. The van der Waals surface area contributed by atoms with Gasteiger partial charge < -0.3 is 10.6 Å². The van der Waals surface area contributed by atoms with E-state index in [-0.39, 0.29) is 0 Å². The van der Waals surface area contributed by atoms with E-state index in [0.29, 0.717) is 6.04 Å². The molecule has 0 bridgehead atoms. The average molecular weight is 276 g/mol. The van der Waals surface area contributed by atoms with Gasteiger partial charge in [-0.15, -0.1) is 11.3 Å². The van der Waals surface area contributed by atoms with Crippen molar-refractivity contribution in [3.05, 3.63) is 11.4 Å². The summed E-state index contributed by atoms with van der Waals surface area (Å²) < 4.78 is 0. The number of nitrogens with zero attached hydrogens (tertiary/aromatic N) is 2. The van der Waals surface area contributed by atoms with Gasteiger partial charge in [0, 0.05) is 12.6 Å². The highest BCUT2D eigenvalue weighted by Crippen LogP contribution is 2.31. The van der Waals surface area contributed by atoms with Crippen molar-refractivity contribution in [1.82, 2.24) is 9.97 Å². The van der Waals surface area contributed by atoms with E-state index in [1.165, 1.54) is 19.3 Å². The molecule has 0 radical (unpaired) electrons. The van der Waals surface area contributed by atoms with E-state index >= 15 is 0 Å². The van der Waals surface area contributed by atoms with Crippen LogP contribution in [0.15, 0.2) is 11.4 Å². The van der Waals surface area contributed by atoms with Gasteiger partial charge in [0.25, 0.3) is 0 Å². The lowest BCUT2D eigenvalue weighted by Crippen LogP contribution is -2.22. The molecule has 2 aromatic heterocycles. The number of rotatable bonds is 4. The molecule has 102 valence electrons. The molecule has 5 heteroatoms. The Morgan fingerprint density at radius 3 is 3.00 bits per heavy atom. The van der Waals surface area contributed by atoms with Crippen molar-refractivity contribution in [2.24, 2.45) is 5.92 Å². The molecule has 1 saturated carbocycles. The molecule has 1 fully saturated rings. The van der Waals surface area contributed by atoms with Crippen molar-refractivity contribution in [2.75, 3.05) is 17.2 Å². The lowest BCUT2D eigenvalue weighted by Gasteiger charge is -2.19. The van der Waals surface area contributed by atoms with Crippen molar-refractivity contribution in [1.29, 1.82) is 0 Å². The Balaban J connectivity index is 1.93. The third kappa shape index (κ3) is 2.52. The number of hydrogen-bond donors (Lipinski definition) is 2. The SMILES string of the molecule is CCNc1nc(NC2CCCC2C)c2ccsc2n1. The maximum atomic E-state index is 4.63. The van der Waals surface area contributed by atoms with E-state index < -0.39 is 0 Å². The Morgan fingerprint density at radius 2 is 2.26 bits per heavy atom. The third-order valence-corrected chi connectivity index (χ3v) is 4.65. The predicted octanol–water partition coefficient (Wildman–Crippen LogP) is 3.72. The second-order valence-corrected chi connectivity index (χ2v) is 6.12. The Labute approximate surface area is 117 Å². The van der Waals surface area contributed by atoms with Crippen LogP contribution >= 0.6 is 11.3 Å². The standard InChI is InChI=1S/C14H20N4S/c1-3-15-14-17-12(10-7-8-19-13(10)18-14)16-11-6-4-5-9(11)2/h7-9,11H,3-6H2,1-2H3,(H2,15,16,17,18). The molecule has 0 amide bonds. The number of hydrogen-bond acceptors (Lipinski definition) is 5. The van der Waals surface area contributed by atoms with Gasteiger partial charge >= 0.3 is 0 Å². The zero-order valence-corrected chi connectivity index (χ0v) is 12.3. The smallest absolute Gasteiger partial charge is 0.226 e. The van der Waals surface area contributed by atoms with Gasteiger partial charge in [0.15, 0.2) is 0 Å². The highest BCUT2D eigenvalue weighted by molar-refractivity contribution is 7.16. The summed E-state index contributed by atoms with van der Waals surface area (Å²) in [6.07, 6.45) is 3.87. The van der Waals surface area contributed by atoms with Gasteiger partial charge in [-0.05, 0) is 37.1 Å². The number of thiophene rings is 1. The van der Waals surface area contributed by atoms with Crippen molar-refractivity contribution >= 4 is 33.3 Å². The number of fused-ring (bicyclic) bond motifs is 1. The van der Waals surface area contributed by atoms with Crippen molar-refractivity contribution in [3.8, 4) is 0 Å². The van der Waals surface area contributed by atoms with Crippen LogP contribution in [0.5, 0.6) is 0 Å². The quantitative estimate of drug-likeness (QED) is 0.893. The van der Waals surface area contributed by atoms with Crippen LogP contribution in [0.3, 0.4) is 0 Å². The van der Waals surface area contributed by atoms with Gasteiger partial charge in [-0.3, -0.25) is 0 Å². The molecule has 2 atom stereocenters. The summed E-state index contributed by atoms with van der Waals surface area (Å²) in [7, 11) is 0. The van der Waals surface area contributed by atoms with Gasteiger partial charge in [-0.1, -0.05) is 13.3 Å². The number of anilines is 2. The first-order chi connectivity index (χ1) is 9.28. The highest BCUT2D eigenvalue weighted by atomic mass is 32.1. The van der Waals surface area contributed by atoms with E-state index in [2.05, 4.69) is 45.9 Å². The Kier molecular flexibility index (Phi) is 3.55. The van der Waals surface area contributed by atoms with Crippen LogP contribution in [0.4, 0.5) is 11.8 Å². The van der Waals surface area contributed by atoms with Gasteiger partial charge in [0.2, 0.25) is 5.95 Å². The second kappa shape index (κ2) is 5.33. The van der Waals surface area contributed by atoms with Gasteiger partial charge in [0.05, 0.1) is 5.39 Å². The van der Waals surface area contributed by atoms with Crippen LogP contribution in [0.2, 0.25) is 0 Å². The molecule has 2 heterocycles. The van der Waals surface area contributed by atoms with Crippen molar-refractivity contribution in [3.63, 3.8) is 0 Å². The normalized spacial score (nSPS) is 22.8. The summed E-state index contributed by atoms with van der Waals surface area (Å²) in [5.41, 5.74) is 0. The molecule has 2 aromatic rings. The first kappa shape index (κ1) is 12.7. The molecule has 1 aliphatic carbocycles. The van der Waals surface area contributed by atoms with Crippen molar-refractivity contribution < 1.29 is 0 Å². The number of nitrogens with one attached hydrogen (secondary N) is 2.